The van der Waals surface area contributed by atoms with Crippen LogP contribution in [0.3, 0.4) is 0 Å². The second kappa shape index (κ2) is 7.76. The molecule has 0 saturated heterocycles. The van der Waals surface area contributed by atoms with Crippen molar-refractivity contribution >= 4 is 38.2 Å². The molecule has 0 saturated carbocycles. The molecule has 0 unspecified atom stereocenters. The van der Waals surface area contributed by atoms with Crippen molar-refractivity contribution in [2.75, 3.05) is 18.4 Å². The average molecular weight is 396 g/mol. The second-order valence-corrected chi connectivity index (χ2v) is 7.81. The lowest BCUT2D eigenvalue weighted by atomic mass is 10.3. The Kier molecular flexibility index (Phi) is 5.44. The number of benzene rings is 1. The molecule has 2 N–H and O–H groups in total. The van der Waals surface area contributed by atoms with E-state index in [1.54, 1.807) is 6.20 Å². The van der Waals surface area contributed by atoms with Crippen molar-refractivity contribution in [1.82, 2.24) is 18.5 Å². The lowest BCUT2D eigenvalue weighted by Crippen LogP contribution is -2.25. The van der Waals surface area contributed by atoms with Gasteiger partial charge in [-0.1, -0.05) is 12.1 Å². The summed E-state index contributed by atoms with van der Waals surface area (Å²) in [5, 5.41) is 14.1. The fourth-order valence-electron chi connectivity index (χ4n) is 2.33. The van der Waals surface area contributed by atoms with Crippen molar-refractivity contribution < 1.29 is 13.3 Å². The summed E-state index contributed by atoms with van der Waals surface area (Å²) in [4.78, 5) is 14.9. The number of nitrogens with one attached hydrogen (secondary N) is 2. The van der Waals surface area contributed by atoms with Gasteiger partial charge in [-0.05, 0) is 18.9 Å². The van der Waals surface area contributed by atoms with Gasteiger partial charge in [0.05, 0.1) is 4.92 Å². The molecule has 3 aromatic rings. The molecular formula is C14H16N6O4S2. The van der Waals surface area contributed by atoms with Crippen LogP contribution >= 0.6 is 11.5 Å². The summed E-state index contributed by atoms with van der Waals surface area (Å²) >= 11 is 1.29. The number of aromatic nitrogens is 3. The van der Waals surface area contributed by atoms with Crippen LogP contribution in [0.1, 0.15) is 12.8 Å². The predicted molar refractivity (Wildman–Crippen MR) is 96.9 cm³/mol. The molecule has 26 heavy (non-hydrogen) atoms. The zero-order valence-corrected chi connectivity index (χ0v) is 15.2. The van der Waals surface area contributed by atoms with Gasteiger partial charge in [0.1, 0.15) is 0 Å². The van der Waals surface area contributed by atoms with Crippen molar-refractivity contribution in [2.45, 2.75) is 17.7 Å². The molecule has 0 fully saturated rings. The third-order valence-corrected chi connectivity index (χ3v) is 5.82. The lowest BCUT2D eigenvalue weighted by Gasteiger charge is -2.07. The highest BCUT2D eigenvalue weighted by Crippen LogP contribution is 2.22. The molecule has 0 aliphatic heterocycles. The lowest BCUT2D eigenvalue weighted by molar-refractivity contribution is -0.387. The summed E-state index contributed by atoms with van der Waals surface area (Å²) in [6, 6.07) is 5.28. The summed E-state index contributed by atoms with van der Waals surface area (Å²) in [7, 11) is -3.92. The number of nitro benzene ring substituents is 1. The maximum Gasteiger partial charge on any atom is 0.289 e. The van der Waals surface area contributed by atoms with Crippen LogP contribution in [0, 0.1) is 10.1 Å². The van der Waals surface area contributed by atoms with Crippen LogP contribution in [-0.2, 0) is 10.0 Å². The number of anilines is 1. The summed E-state index contributed by atoms with van der Waals surface area (Å²) < 4.78 is 33.0. The molecule has 2 aromatic heterocycles. The predicted octanol–water partition coefficient (Wildman–Crippen LogP) is 1.87. The standard InChI is InChI=1S/C14H16N6O4S2/c21-20(22)11-5-1-2-6-12(11)26(23,24)17-8-4-3-7-15-13-18-25-14-16-9-10-19(13)14/h1-2,5-6,9-10,17H,3-4,7-8H2,(H,15,18). The quantitative estimate of drug-likeness (QED) is 0.320. The van der Waals surface area contributed by atoms with Crippen LogP contribution in [0.2, 0.25) is 0 Å². The monoisotopic (exact) mass is 396 g/mol. The van der Waals surface area contributed by atoms with E-state index >= 15 is 0 Å². The minimum Gasteiger partial charge on any atom is -0.355 e. The van der Waals surface area contributed by atoms with Gasteiger partial charge in [0.2, 0.25) is 20.9 Å². The van der Waals surface area contributed by atoms with Crippen LogP contribution in [0.15, 0.2) is 41.6 Å². The summed E-state index contributed by atoms with van der Waals surface area (Å²) in [6.07, 6.45) is 4.77. The van der Waals surface area contributed by atoms with Crippen molar-refractivity contribution in [3.63, 3.8) is 0 Å². The Morgan fingerprint density at radius 2 is 2.00 bits per heavy atom. The van der Waals surface area contributed by atoms with E-state index in [1.807, 2.05) is 10.6 Å². The molecular weight excluding hydrogens is 380 g/mol. The summed E-state index contributed by atoms with van der Waals surface area (Å²) in [6.45, 7) is 0.803. The molecule has 0 aliphatic carbocycles. The number of unbranched alkanes of at least 4 members (excludes halogenated alkanes) is 1. The van der Waals surface area contributed by atoms with Gasteiger partial charge in [-0.2, -0.15) is 4.37 Å². The molecule has 12 heteroatoms. The third-order valence-electron chi connectivity index (χ3n) is 3.58. The fourth-order valence-corrected chi connectivity index (χ4v) is 4.24. The third kappa shape index (κ3) is 3.98. The normalized spacial score (nSPS) is 11.7. The largest absolute Gasteiger partial charge is 0.355 e. The summed E-state index contributed by atoms with van der Waals surface area (Å²) in [5.74, 6) is 0.697. The number of hydrogen-bond acceptors (Lipinski definition) is 8. The van der Waals surface area contributed by atoms with Gasteiger partial charge < -0.3 is 5.32 Å². The Hall–Kier alpha value is -2.57. The van der Waals surface area contributed by atoms with Gasteiger partial charge in [0.25, 0.3) is 5.69 Å². The Morgan fingerprint density at radius 1 is 1.23 bits per heavy atom. The van der Waals surface area contributed by atoms with Crippen molar-refractivity contribution in [3.8, 4) is 0 Å². The summed E-state index contributed by atoms with van der Waals surface area (Å²) in [5.41, 5.74) is -0.436. The number of sulfonamides is 1. The number of nitrogens with zero attached hydrogens (tertiary/aromatic N) is 4. The van der Waals surface area contributed by atoms with Gasteiger partial charge in [0, 0.05) is 43.1 Å². The minimum atomic E-state index is -3.92. The van der Waals surface area contributed by atoms with E-state index in [0.717, 1.165) is 4.96 Å². The molecule has 0 amide bonds. The first-order valence-corrected chi connectivity index (χ1v) is 10.0. The molecule has 0 spiro atoms. The number of imidazole rings is 1. The topological polar surface area (TPSA) is 132 Å². The molecule has 0 aliphatic rings. The van der Waals surface area contributed by atoms with Crippen LogP contribution in [0.25, 0.3) is 4.96 Å². The molecule has 2 heterocycles. The SMILES string of the molecule is O=[N+]([O-])c1ccccc1S(=O)(=O)NCCCCNc1nsc2nccn12. The maximum atomic E-state index is 12.2. The van der Waals surface area contributed by atoms with Crippen LogP contribution in [0.5, 0.6) is 0 Å². The highest BCUT2D eigenvalue weighted by molar-refractivity contribution is 7.89. The maximum absolute atomic E-state index is 12.2. The Balaban J connectivity index is 1.47. The van der Waals surface area contributed by atoms with E-state index in [2.05, 4.69) is 19.4 Å². The first kappa shape index (κ1) is 18.2. The van der Waals surface area contributed by atoms with Crippen molar-refractivity contribution in [3.05, 3.63) is 46.8 Å². The van der Waals surface area contributed by atoms with Crippen molar-refractivity contribution in [2.24, 2.45) is 0 Å². The Labute approximate surface area is 153 Å². The minimum absolute atomic E-state index is 0.188. The van der Waals surface area contributed by atoms with Gasteiger partial charge in [0.15, 0.2) is 4.90 Å². The molecule has 138 valence electrons. The van der Waals surface area contributed by atoms with Gasteiger partial charge in [-0.15, -0.1) is 0 Å². The van der Waals surface area contributed by atoms with E-state index in [-0.39, 0.29) is 11.4 Å². The molecule has 0 bridgehead atoms. The highest BCUT2D eigenvalue weighted by atomic mass is 32.2. The van der Waals surface area contributed by atoms with E-state index in [0.29, 0.717) is 25.3 Å². The van der Waals surface area contributed by atoms with Gasteiger partial charge in [-0.3, -0.25) is 14.5 Å². The van der Waals surface area contributed by atoms with E-state index in [4.69, 9.17) is 0 Å². The molecule has 3 rings (SSSR count). The van der Waals surface area contributed by atoms with E-state index < -0.39 is 20.6 Å². The number of fused-ring (bicyclic) bond motifs is 1. The second-order valence-electron chi connectivity index (χ2n) is 5.34. The number of rotatable bonds is 9. The number of hydrogen-bond donors (Lipinski definition) is 2. The van der Waals surface area contributed by atoms with Crippen LogP contribution in [0.4, 0.5) is 11.6 Å². The van der Waals surface area contributed by atoms with E-state index in [9.17, 15) is 18.5 Å². The Bertz CT molecular complexity index is 1010. The molecule has 1 aromatic carbocycles. The first-order valence-electron chi connectivity index (χ1n) is 7.75. The fraction of sp³-hybridized carbons (Fsp3) is 0.286. The first-order chi connectivity index (χ1) is 12.5. The van der Waals surface area contributed by atoms with E-state index in [1.165, 1.54) is 35.8 Å². The van der Waals surface area contributed by atoms with Crippen LogP contribution in [-0.4, -0.2) is 40.2 Å². The molecule has 0 radical (unpaired) electrons. The zero-order valence-electron chi connectivity index (χ0n) is 13.5. The van der Waals surface area contributed by atoms with Crippen molar-refractivity contribution in [1.29, 1.82) is 0 Å². The number of para-hydroxylation sites is 1. The van der Waals surface area contributed by atoms with Gasteiger partial charge >= 0.3 is 0 Å². The average Bonchev–Trinajstić information content (AvgIpc) is 3.22. The smallest absolute Gasteiger partial charge is 0.289 e. The zero-order chi connectivity index (χ0) is 18.6. The molecule has 10 nitrogen and oxygen atoms in total. The molecule has 0 atom stereocenters. The Morgan fingerprint density at radius 3 is 2.81 bits per heavy atom. The van der Waals surface area contributed by atoms with Gasteiger partial charge in [-0.25, -0.2) is 18.1 Å². The highest BCUT2D eigenvalue weighted by Gasteiger charge is 2.24. The van der Waals surface area contributed by atoms with Crippen LogP contribution < -0.4 is 10.0 Å². The number of nitro groups is 1.